The average molecular weight is 386 g/mol. The van der Waals surface area contributed by atoms with Crippen LogP contribution in [0.25, 0.3) is 33.7 Å². The Kier molecular flexibility index (Phi) is 5.63. The number of fused-ring (bicyclic) bond motifs is 1. The van der Waals surface area contributed by atoms with Gasteiger partial charge < -0.3 is 15.9 Å². The third-order valence-electron chi connectivity index (χ3n) is 5.27. The molecule has 0 aliphatic carbocycles. The van der Waals surface area contributed by atoms with Gasteiger partial charge in [-0.2, -0.15) is 0 Å². The van der Waals surface area contributed by atoms with Crippen LogP contribution in [0.3, 0.4) is 0 Å². The fourth-order valence-corrected chi connectivity index (χ4v) is 3.70. The summed E-state index contributed by atoms with van der Waals surface area (Å²) in [4.78, 5) is 4.79. The molecule has 0 spiro atoms. The first kappa shape index (κ1) is 19.2. The number of hydrogen-bond acceptors (Lipinski definition) is 4. The Morgan fingerprint density at radius 2 is 1.76 bits per heavy atom. The Morgan fingerprint density at radius 1 is 0.931 bits per heavy atom. The van der Waals surface area contributed by atoms with Crippen molar-refractivity contribution in [3.8, 4) is 22.6 Å². The van der Waals surface area contributed by atoms with E-state index in [9.17, 15) is 0 Å². The number of anilines is 1. The number of aromatic nitrogens is 1. The fraction of sp³-hybridized carbons (Fsp3) is 0.240. The number of hydrogen-bond donors (Lipinski definition) is 2. The second kappa shape index (κ2) is 8.50. The molecule has 4 rings (SSSR count). The highest BCUT2D eigenvalue weighted by Crippen LogP contribution is 2.32. The summed E-state index contributed by atoms with van der Waals surface area (Å²) in [6.07, 6.45) is 4.04. The van der Waals surface area contributed by atoms with Gasteiger partial charge in [-0.15, -0.1) is 0 Å². The maximum absolute atomic E-state index is 6.30. The van der Waals surface area contributed by atoms with E-state index in [2.05, 4.69) is 24.3 Å². The Labute approximate surface area is 171 Å². The number of nitrogens with zero attached hydrogens (tertiary/aromatic N) is 1. The maximum atomic E-state index is 6.30. The van der Waals surface area contributed by atoms with Crippen molar-refractivity contribution in [3.63, 3.8) is 0 Å². The van der Waals surface area contributed by atoms with Crippen LogP contribution in [0, 0.1) is 0 Å². The van der Waals surface area contributed by atoms with Gasteiger partial charge in [0.25, 0.3) is 0 Å². The van der Waals surface area contributed by atoms with Gasteiger partial charge in [0.05, 0.1) is 0 Å². The van der Waals surface area contributed by atoms with Crippen molar-refractivity contribution in [1.29, 1.82) is 0 Å². The monoisotopic (exact) mass is 385 g/mol. The minimum atomic E-state index is 0.235. The summed E-state index contributed by atoms with van der Waals surface area (Å²) < 4.78 is 6.10. The molecule has 1 aromatic heterocycles. The Hall–Kier alpha value is -3.11. The van der Waals surface area contributed by atoms with Crippen molar-refractivity contribution in [2.75, 3.05) is 5.73 Å². The van der Waals surface area contributed by atoms with Crippen LogP contribution >= 0.6 is 0 Å². The van der Waals surface area contributed by atoms with Gasteiger partial charge in [-0.05, 0) is 67.1 Å². The van der Waals surface area contributed by atoms with Crippen molar-refractivity contribution >= 4 is 16.8 Å². The highest BCUT2D eigenvalue weighted by molar-refractivity contribution is 5.83. The molecule has 1 atom stereocenters. The summed E-state index contributed by atoms with van der Waals surface area (Å²) in [6, 6.07) is 22.6. The highest BCUT2D eigenvalue weighted by Gasteiger charge is 2.15. The molecule has 0 fully saturated rings. The van der Waals surface area contributed by atoms with E-state index in [0.717, 1.165) is 64.7 Å². The molecule has 0 aliphatic rings. The minimum absolute atomic E-state index is 0.235. The van der Waals surface area contributed by atoms with Crippen LogP contribution in [0.4, 0.5) is 5.69 Å². The molecule has 3 aromatic carbocycles. The molecular formula is C25H27N3O. The van der Waals surface area contributed by atoms with Crippen molar-refractivity contribution in [1.82, 2.24) is 4.98 Å². The zero-order valence-corrected chi connectivity index (χ0v) is 16.8. The van der Waals surface area contributed by atoms with Crippen LogP contribution in [0.15, 0.2) is 71.1 Å². The molecule has 0 bridgehead atoms. The highest BCUT2D eigenvalue weighted by atomic mass is 16.3. The zero-order chi connectivity index (χ0) is 20.2. The van der Waals surface area contributed by atoms with E-state index >= 15 is 0 Å². The van der Waals surface area contributed by atoms with E-state index < -0.39 is 0 Å². The van der Waals surface area contributed by atoms with Gasteiger partial charge in [0.1, 0.15) is 5.52 Å². The summed E-state index contributed by atoms with van der Waals surface area (Å²) in [5.41, 5.74) is 19.0. The normalized spacial score (nSPS) is 12.3. The SMILES string of the molecule is CC(N)CCCCc1c(N)cccc1-c1nc2cc(-c3ccccc3)ccc2o1. The maximum Gasteiger partial charge on any atom is 0.227 e. The van der Waals surface area contributed by atoms with Crippen LogP contribution in [-0.2, 0) is 6.42 Å². The van der Waals surface area contributed by atoms with Gasteiger partial charge in [0.2, 0.25) is 5.89 Å². The fourth-order valence-electron chi connectivity index (χ4n) is 3.70. The smallest absolute Gasteiger partial charge is 0.227 e. The van der Waals surface area contributed by atoms with E-state index in [1.54, 1.807) is 0 Å². The largest absolute Gasteiger partial charge is 0.436 e. The minimum Gasteiger partial charge on any atom is -0.436 e. The summed E-state index contributed by atoms with van der Waals surface area (Å²) in [6.45, 7) is 2.05. The van der Waals surface area contributed by atoms with Gasteiger partial charge in [-0.3, -0.25) is 0 Å². The lowest BCUT2D eigenvalue weighted by Crippen LogP contribution is -2.14. The molecule has 1 unspecified atom stereocenters. The molecule has 148 valence electrons. The first-order valence-corrected chi connectivity index (χ1v) is 10.2. The predicted molar refractivity (Wildman–Crippen MR) is 120 cm³/mol. The molecule has 1 heterocycles. The standard InChI is InChI=1S/C25H27N3O/c1-17(26)8-5-6-11-20-21(12-7-13-22(20)27)25-28-23-16-19(14-15-24(23)29-25)18-9-3-2-4-10-18/h2-4,7,9-10,12-17H,5-6,8,11,26-27H2,1H3. The summed E-state index contributed by atoms with van der Waals surface area (Å²) >= 11 is 0. The molecule has 4 aromatic rings. The van der Waals surface area contributed by atoms with Crippen LogP contribution in [0.1, 0.15) is 31.7 Å². The molecule has 4 heteroatoms. The lowest BCUT2D eigenvalue weighted by atomic mass is 9.98. The third kappa shape index (κ3) is 4.33. The second-order valence-electron chi connectivity index (χ2n) is 7.66. The Balaban J connectivity index is 1.65. The topological polar surface area (TPSA) is 78.1 Å². The first-order valence-electron chi connectivity index (χ1n) is 10.2. The van der Waals surface area contributed by atoms with Crippen LogP contribution in [-0.4, -0.2) is 11.0 Å². The molecule has 0 saturated heterocycles. The van der Waals surface area contributed by atoms with Crippen molar-refractivity contribution in [2.24, 2.45) is 5.73 Å². The molecule has 29 heavy (non-hydrogen) atoms. The number of benzene rings is 3. The zero-order valence-electron chi connectivity index (χ0n) is 16.8. The van der Waals surface area contributed by atoms with E-state index in [1.165, 1.54) is 0 Å². The van der Waals surface area contributed by atoms with E-state index in [-0.39, 0.29) is 6.04 Å². The molecule has 4 nitrogen and oxygen atoms in total. The number of nitrogen functional groups attached to an aromatic ring is 1. The van der Waals surface area contributed by atoms with Crippen molar-refractivity contribution in [2.45, 2.75) is 38.6 Å². The van der Waals surface area contributed by atoms with Gasteiger partial charge >= 0.3 is 0 Å². The molecular weight excluding hydrogens is 358 g/mol. The van der Waals surface area contributed by atoms with Crippen molar-refractivity contribution < 1.29 is 4.42 Å². The van der Waals surface area contributed by atoms with Gasteiger partial charge in [0.15, 0.2) is 5.58 Å². The van der Waals surface area contributed by atoms with Crippen molar-refractivity contribution in [3.05, 3.63) is 72.3 Å². The number of nitrogens with two attached hydrogens (primary N) is 2. The molecule has 0 aliphatic heterocycles. The lowest BCUT2D eigenvalue weighted by molar-refractivity contribution is 0.595. The Morgan fingerprint density at radius 3 is 2.55 bits per heavy atom. The van der Waals surface area contributed by atoms with Crippen LogP contribution in [0.2, 0.25) is 0 Å². The second-order valence-corrected chi connectivity index (χ2v) is 7.66. The first-order chi connectivity index (χ1) is 14.1. The molecule has 4 N–H and O–H groups in total. The van der Waals surface area contributed by atoms with Crippen LogP contribution in [0.5, 0.6) is 0 Å². The molecule has 0 radical (unpaired) electrons. The summed E-state index contributed by atoms with van der Waals surface area (Å²) in [7, 11) is 0. The Bertz CT molecular complexity index is 1100. The molecule has 0 amide bonds. The predicted octanol–water partition coefficient (Wildman–Crippen LogP) is 5.80. The van der Waals surface area contributed by atoms with E-state index in [0.29, 0.717) is 5.89 Å². The quantitative estimate of drug-likeness (QED) is 0.311. The summed E-state index contributed by atoms with van der Waals surface area (Å²) in [5, 5.41) is 0. The third-order valence-corrected chi connectivity index (χ3v) is 5.27. The number of rotatable bonds is 7. The number of oxazole rings is 1. The van der Waals surface area contributed by atoms with Gasteiger partial charge in [-0.25, -0.2) is 4.98 Å². The lowest BCUT2D eigenvalue weighted by Gasteiger charge is -2.10. The summed E-state index contributed by atoms with van der Waals surface area (Å²) in [5.74, 6) is 0.625. The molecule has 0 saturated carbocycles. The average Bonchev–Trinajstić information content (AvgIpc) is 3.15. The van der Waals surface area contributed by atoms with E-state index in [4.69, 9.17) is 20.9 Å². The van der Waals surface area contributed by atoms with Crippen LogP contribution < -0.4 is 11.5 Å². The van der Waals surface area contributed by atoms with E-state index in [1.807, 2.05) is 49.4 Å². The van der Waals surface area contributed by atoms with Gasteiger partial charge in [-0.1, -0.05) is 48.9 Å². The number of unbranched alkanes of at least 4 members (excludes halogenated alkanes) is 1. The van der Waals surface area contributed by atoms with Gasteiger partial charge in [0, 0.05) is 17.3 Å².